The van der Waals surface area contributed by atoms with E-state index in [0.29, 0.717) is 17.4 Å². The highest BCUT2D eigenvalue weighted by molar-refractivity contribution is 5.34. The summed E-state index contributed by atoms with van der Waals surface area (Å²) < 4.78 is 0. The summed E-state index contributed by atoms with van der Waals surface area (Å²) in [6, 6.07) is 0.384. The zero-order valence-corrected chi connectivity index (χ0v) is 13.4. The highest BCUT2D eigenvalue weighted by Gasteiger charge is 2.55. The van der Waals surface area contributed by atoms with Crippen molar-refractivity contribution in [3.05, 3.63) is 23.8 Å². The third-order valence-electron chi connectivity index (χ3n) is 7.62. The Balaban J connectivity index is 1.74. The van der Waals surface area contributed by atoms with Crippen LogP contribution in [0, 0.1) is 28.6 Å². The molecule has 2 nitrogen and oxygen atoms in total. The summed E-state index contributed by atoms with van der Waals surface area (Å²) in [5.41, 5.74) is 8.65. The van der Waals surface area contributed by atoms with Crippen LogP contribution in [0.2, 0.25) is 0 Å². The molecule has 0 spiro atoms. The average molecular weight is 287 g/mol. The van der Waals surface area contributed by atoms with Gasteiger partial charge in [-0.05, 0) is 61.7 Å². The van der Waals surface area contributed by atoms with Crippen molar-refractivity contribution in [2.45, 2.75) is 64.5 Å². The summed E-state index contributed by atoms with van der Waals surface area (Å²) in [5, 5.41) is 9.96. The quantitative estimate of drug-likeness (QED) is 0.671. The second-order valence-corrected chi connectivity index (χ2v) is 8.49. The summed E-state index contributed by atoms with van der Waals surface area (Å²) >= 11 is 0. The summed E-state index contributed by atoms with van der Waals surface area (Å²) in [7, 11) is 0. The standard InChI is InChI=1S/C19H29NO/c1-18-9-7-13(21)11-12(18)3-4-14-15-5-6-17(20)19(15,2)10-8-16(14)18/h7-9,12-15,17,21H,3-6,10-11,20H2,1-2H3/t12?,13-,14-,15-,17-,18-,19-/m0/s1. The fraction of sp³-hybridized carbons (Fsp3) is 0.789. The lowest BCUT2D eigenvalue weighted by atomic mass is 9.50. The number of hydrogen-bond acceptors (Lipinski definition) is 2. The molecule has 7 atom stereocenters. The summed E-state index contributed by atoms with van der Waals surface area (Å²) in [5.74, 6) is 2.14. The molecule has 0 saturated heterocycles. The van der Waals surface area contributed by atoms with E-state index in [2.05, 4.69) is 26.0 Å². The Bertz CT molecular complexity index is 510. The average Bonchev–Trinajstić information content (AvgIpc) is 2.76. The first-order valence-electron chi connectivity index (χ1n) is 8.78. The van der Waals surface area contributed by atoms with E-state index in [1.807, 2.05) is 6.08 Å². The van der Waals surface area contributed by atoms with Crippen LogP contribution in [0.1, 0.15) is 52.4 Å². The summed E-state index contributed by atoms with van der Waals surface area (Å²) in [6.07, 6.45) is 13.9. The Morgan fingerprint density at radius 1 is 1.19 bits per heavy atom. The van der Waals surface area contributed by atoms with Gasteiger partial charge in [-0.2, -0.15) is 0 Å². The fourth-order valence-corrected chi connectivity index (χ4v) is 6.12. The molecule has 4 rings (SSSR count). The highest BCUT2D eigenvalue weighted by atomic mass is 16.3. The predicted octanol–water partition coefficient (Wildman–Crippen LogP) is 3.41. The first-order valence-corrected chi connectivity index (χ1v) is 8.78. The van der Waals surface area contributed by atoms with Gasteiger partial charge in [0.05, 0.1) is 6.10 Å². The number of fused-ring (bicyclic) bond motifs is 5. The van der Waals surface area contributed by atoms with Crippen molar-refractivity contribution >= 4 is 0 Å². The van der Waals surface area contributed by atoms with Gasteiger partial charge in [-0.1, -0.05) is 37.6 Å². The van der Waals surface area contributed by atoms with E-state index in [1.165, 1.54) is 25.7 Å². The second-order valence-electron chi connectivity index (χ2n) is 8.49. The lowest BCUT2D eigenvalue weighted by molar-refractivity contribution is 0.0556. The van der Waals surface area contributed by atoms with Gasteiger partial charge in [0.15, 0.2) is 0 Å². The number of hydrogen-bond donors (Lipinski definition) is 2. The van der Waals surface area contributed by atoms with Crippen molar-refractivity contribution in [2.24, 2.45) is 34.3 Å². The fourth-order valence-electron chi connectivity index (χ4n) is 6.12. The van der Waals surface area contributed by atoms with E-state index < -0.39 is 0 Å². The van der Waals surface area contributed by atoms with Crippen molar-refractivity contribution in [1.82, 2.24) is 0 Å². The molecule has 21 heavy (non-hydrogen) atoms. The number of nitrogens with two attached hydrogens (primary N) is 1. The van der Waals surface area contributed by atoms with Crippen molar-refractivity contribution in [3.8, 4) is 0 Å². The van der Waals surface area contributed by atoms with Gasteiger partial charge < -0.3 is 10.8 Å². The van der Waals surface area contributed by atoms with Crippen LogP contribution in [0.15, 0.2) is 23.8 Å². The molecule has 0 radical (unpaired) electrons. The molecule has 0 aromatic carbocycles. The van der Waals surface area contributed by atoms with Gasteiger partial charge in [0.2, 0.25) is 0 Å². The Morgan fingerprint density at radius 2 is 2.00 bits per heavy atom. The maximum atomic E-state index is 9.96. The van der Waals surface area contributed by atoms with Crippen LogP contribution in [0.3, 0.4) is 0 Å². The topological polar surface area (TPSA) is 46.2 Å². The molecule has 3 N–H and O–H groups in total. The minimum atomic E-state index is -0.228. The van der Waals surface area contributed by atoms with Crippen molar-refractivity contribution in [1.29, 1.82) is 0 Å². The van der Waals surface area contributed by atoms with Crippen LogP contribution in [0.25, 0.3) is 0 Å². The largest absolute Gasteiger partial charge is 0.389 e. The minimum Gasteiger partial charge on any atom is -0.389 e. The molecule has 4 aliphatic carbocycles. The lowest BCUT2D eigenvalue weighted by Crippen LogP contribution is -2.49. The van der Waals surface area contributed by atoms with Crippen LogP contribution in [-0.2, 0) is 0 Å². The molecule has 4 aliphatic rings. The maximum Gasteiger partial charge on any atom is 0.0724 e. The molecule has 2 saturated carbocycles. The smallest absolute Gasteiger partial charge is 0.0724 e. The molecule has 0 bridgehead atoms. The van der Waals surface area contributed by atoms with Crippen LogP contribution in [0.4, 0.5) is 0 Å². The van der Waals surface area contributed by atoms with Gasteiger partial charge in [0, 0.05) is 11.5 Å². The van der Waals surface area contributed by atoms with Crippen LogP contribution >= 0.6 is 0 Å². The zero-order chi connectivity index (χ0) is 14.8. The van der Waals surface area contributed by atoms with Crippen molar-refractivity contribution < 1.29 is 5.11 Å². The third-order valence-corrected chi connectivity index (χ3v) is 7.62. The number of allylic oxidation sites excluding steroid dienone is 3. The monoisotopic (exact) mass is 287 g/mol. The minimum absolute atomic E-state index is 0.191. The Hall–Kier alpha value is -0.600. The molecule has 2 fully saturated rings. The van der Waals surface area contributed by atoms with Gasteiger partial charge in [0.25, 0.3) is 0 Å². The van der Waals surface area contributed by atoms with E-state index >= 15 is 0 Å². The molecule has 0 aromatic heterocycles. The Morgan fingerprint density at radius 3 is 2.81 bits per heavy atom. The van der Waals surface area contributed by atoms with Gasteiger partial charge in [-0.25, -0.2) is 0 Å². The first kappa shape index (κ1) is 14.0. The van der Waals surface area contributed by atoms with E-state index in [-0.39, 0.29) is 11.5 Å². The molecule has 116 valence electrons. The van der Waals surface area contributed by atoms with Crippen LogP contribution < -0.4 is 5.73 Å². The maximum absolute atomic E-state index is 9.96. The van der Waals surface area contributed by atoms with Crippen LogP contribution in [-0.4, -0.2) is 17.3 Å². The van der Waals surface area contributed by atoms with Crippen molar-refractivity contribution in [2.75, 3.05) is 0 Å². The molecule has 0 aliphatic heterocycles. The molecular weight excluding hydrogens is 258 g/mol. The molecule has 0 heterocycles. The van der Waals surface area contributed by atoms with E-state index in [1.54, 1.807) is 5.57 Å². The highest BCUT2D eigenvalue weighted by Crippen LogP contribution is 2.62. The normalized spacial score (nSPS) is 55.4. The van der Waals surface area contributed by atoms with E-state index in [0.717, 1.165) is 24.7 Å². The van der Waals surface area contributed by atoms with Gasteiger partial charge in [0.1, 0.15) is 0 Å². The van der Waals surface area contributed by atoms with Crippen LogP contribution in [0.5, 0.6) is 0 Å². The third kappa shape index (κ3) is 1.78. The summed E-state index contributed by atoms with van der Waals surface area (Å²) in [4.78, 5) is 0. The van der Waals surface area contributed by atoms with Crippen molar-refractivity contribution in [3.63, 3.8) is 0 Å². The van der Waals surface area contributed by atoms with Gasteiger partial charge >= 0.3 is 0 Å². The van der Waals surface area contributed by atoms with E-state index in [9.17, 15) is 5.11 Å². The summed E-state index contributed by atoms with van der Waals surface area (Å²) in [6.45, 7) is 4.84. The number of aliphatic hydroxyl groups is 1. The lowest BCUT2D eigenvalue weighted by Gasteiger charge is -2.54. The molecule has 1 unspecified atom stereocenters. The van der Waals surface area contributed by atoms with Gasteiger partial charge in [-0.3, -0.25) is 0 Å². The SMILES string of the molecule is C[C@]12CC=C3[C@@H](CCC4C[C@@H](O)C=C[C@]34C)[C@@H]1CC[C@@H]2N. The predicted molar refractivity (Wildman–Crippen MR) is 85.6 cm³/mol. The zero-order valence-electron chi connectivity index (χ0n) is 13.4. The van der Waals surface area contributed by atoms with Gasteiger partial charge in [-0.15, -0.1) is 0 Å². The Kier molecular flexibility index (Phi) is 2.97. The van der Waals surface area contributed by atoms with E-state index in [4.69, 9.17) is 5.73 Å². The second kappa shape index (κ2) is 4.45. The number of aliphatic hydroxyl groups excluding tert-OH is 1. The Labute approximate surface area is 128 Å². The number of rotatable bonds is 0. The molecule has 0 amide bonds. The molecule has 0 aromatic rings. The molecule has 2 heteroatoms. The first-order chi connectivity index (χ1) is 9.95. The molecular formula is C19H29NO.